The molecule has 0 spiro atoms. The van der Waals surface area contributed by atoms with Gasteiger partial charge in [0.2, 0.25) is 11.1 Å². The van der Waals surface area contributed by atoms with Crippen molar-refractivity contribution in [2.75, 3.05) is 10.7 Å². The molecule has 4 atom stereocenters. The Morgan fingerprint density at radius 2 is 1.60 bits per heavy atom. The number of aliphatic hydroxyl groups excluding tert-OH is 1. The Hall–Kier alpha value is -5.61. The molecule has 15 heteroatoms. The van der Waals surface area contributed by atoms with Gasteiger partial charge in [-0.25, -0.2) is 9.69 Å². The molecule has 266 valence electrons. The number of nitrogens with one attached hydrogen (secondary N) is 1. The monoisotopic (exact) mass is 722 g/mol. The minimum Gasteiger partial charge on any atom is -0.508 e. The number of tetrazole rings is 1. The van der Waals surface area contributed by atoms with Crippen LogP contribution in [0.5, 0.6) is 5.75 Å². The fraction of sp³-hybridized carbons (Fsp3) is 0.243. The van der Waals surface area contributed by atoms with Gasteiger partial charge in [-0.3, -0.25) is 9.59 Å². The van der Waals surface area contributed by atoms with Crippen molar-refractivity contribution in [2.45, 2.75) is 55.8 Å². The lowest BCUT2D eigenvalue weighted by Gasteiger charge is -2.36. The molecule has 14 nitrogen and oxygen atoms in total. The van der Waals surface area contributed by atoms with E-state index in [0.717, 1.165) is 21.6 Å². The third-order valence-electron chi connectivity index (χ3n) is 8.62. The predicted octanol–water partition coefficient (Wildman–Crippen LogP) is 4.76. The van der Waals surface area contributed by atoms with Crippen molar-refractivity contribution in [2.24, 2.45) is 0 Å². The van der Waals surface area contributed by atoms with Gasteiger partial charge < -0.3 is 29.7 Å². The van der Waals surface area contributed by atoms with Gasteiger partial charge >= 0.3 is 6.09 Å². The summed E-state index contributed by atoms with van der Waals surface area (Å²) in [7, 11) is 0. The molecule has 3 N–H and O–H groups in total. The molecule has 7 rings (SSSR count). The summed E-state index contributed by atoms with van der Waals surface area (Å²) >= 11 is 1.42. The fourth-order valence-electron chi connectivity index (χ4n) is 5.92. The molecule has 3 amide bonds. The number of rotatable bonds is 11. The highest BCUT2D eigenvalue weighted by molar-refractivity contribution is 7.99. The first-order chi connectivity index (χ1) is 25.3. The van der Waals surface area contributed by atoms with Crippen molar-refractivity contribution < 1.29 is 38.8 Å². The number of anilines is 1. The van der Waals surface area contributed by atoms with Crippen molar-refractivity contribution in [1.82, 2.24) is 25.5 Å². The van der Waals surface area contributed by atoms with Gasteiger partial charge in [-0.15, -0.1) is 5.10 Å². The summed E-state index contributed by atoms with van der Waals surface area (Å²) < 4.78 is 19.7. The Balaban J connectivity index is 1.03. The van der Waals surface area contributed by atoms with Crippen LogP contribution in [0.4, 0.5) is 10.5 Å². The maximum atomic E-state index is 13.2. The van der Waals surface area contributed by atoms with Crippen LogP contribution in [0, 0.1) is 0 Å². The normalized spacial score (nSPS) is 20.2. The quantitative estimate of drug-likeness (QED) is 0.126. The van der Waals surface area contributed by atoms with E-state index in [0.29, 0.717) is 34.3 Å². The number of imide groups is 1. The Labute approximate surface area is 302 Å². The standard InChI is InChI=1S/C37H34N6O8S/c44-20-23-6-8-25(9-7-23)32-18-30(22-52-36-39-40-41-43(36)28-14-16-29(45)17-15-28)50-35(51-32)26-10-12-27(13-11-26)42-33(46)19-31(34(42)47)38-37(48)49-21-24-4-2-1-3-5-24/h1-17,30-32,35,44-45H,18-22H2,(H,38,48)/t30-,31?,32+,35+/m1/s1. The van der Waals surface area contributed by atoms with Gasteiger partial charge in [0.05, 0.1) is 36.6 Å². The Morgan fingerprint density at radius 3 is 2.33 bits per heavy atom. The average Bonchev–Trinajstić information content (AvgIpc) is 3.76. The van der Waals surface area contributed by atoms with Crippen LogP contribution in [0.2, 0.25) is 0 Å². The van der Waals surface area contributed by atoms with Gasteiger partial charge in [0, 0.05) is 17.7 Å². The molecular formula is C37H34N6O8S. The van der Waals surface area contributed by atoms with Crippen molar-refractivity contribution >= 4 is 35.4 Å². The zero-order valence-electron chi connectivity index (χ0n) is 27.6. The van der Waals surface area contributed by atoms with E-state index < -0.39 is 30.2 Å². The van der Waals surface area contributed by atoms with Crippen LogP contribution >= 0.6 is 11.8 Å². The summed E-state index contributed by atoms with van der Waals surface area (Å²) in [5.41, 5.74) is 4.20. The number of phenols is 1. The molecule has 0 aliphatic carbocycles. The summed E-state index contributed by atoms with van der Waals surface area (Å²) in [4.78, 5) is 39.6. The highest BCUT2D eigenvalue weighted by atomic mass is 32.2. The zero-order valence-corrected chi connectivity index (χ0v) is 28.5. The van der Waals surface area contributed by atoms with E-state index in [-0.39, 0.29) is 37.6 Å². The number of aromatic nitrogens is 4. The zero-order chi connectivity index (χ0) is 36.0. The number of aromatic hydroxyl groups is 1. The van der Waals surface area contributed by atoms with E-state index in [2.05, 4.69) is 20.8 Å². The molecule has 3 heterocycles. The van der Waals surface area contributed by atoms with Crippen LogP contribution in [-0.2, 0) is 37.0 Å². The Bertz CT molecular complexity index is 2010. The van der Waals surface area contributed by atoms with Crippen LogP contribution < -0.4 is 10.2 Å². The number of carbonyl (C=O) groups is 3. The average molecular weight is 723 g/mol. The number of hydrogen-bond acceptors (Lipinski definition) is 12. The molecule has 2 saturated heterocycles. The van der Waals surface area contributed by atoms with E-state index in [1.807, 2.05) is 54.6 Å². The molecule has 0 saturated carbocycles. The number of nitrogens with zero attached hydrogens (tertiary/aromatic N) is 5. The highest BCUT2D eigenvalue weighted by Gasteiger charge is 2.41. The lowest BCUT2D eigenvalue weighted by atomic mass is 10.0. The minimum atomic E-state index is -1.05. The van der Waals surface area contributed by atoms with E-state index in [1.54, 1.807) is 53.2 Å². The van der Waals surface area contributed by atoms with Gasteiger partial charge in [0.25, 0.3) is 5.91 Å². The van der Waals surface area contributed by atoms with Crippen LogP contribution in [0.3, 0.4) is 0 Å². The Morgan fingerprint density at radius 1 is 0.885 bits per heavy atom. The molecule has 1 aromatic heterocycles. The van der Waals surface area contributed by atoms with E-state index in [1.165, 1.54) is 11.8 Å². The number of aliphatic hydroxyl groups is 1. The lowest BCUT2D eigenvalue weighted by molar-refractivity contribution is -0.245. The predicted molar refractivity (Wildman–Crippen MR) is 187 cm³/mol. The number of benzene rings is 4. The fourth-order valence-corrected chi connectivity index (χ4v) is 6.83. The molecular weight excluding hydrogens is 689 g/mol. The molecule has 52 heavy (non-hydrogen) atoms. The molecule has 0 bridgehead atoms. The minimum absolute atomic E-state index is 0.0328. The van der Waals surface area contributed by atoms with Crippen LogP contribution in [0.25, 0.3) is 5.69 Å². The van der Waals surface area contributed by atoms with Crippen LogP contribution in [0.15, 0.2) is 108 Å². The van der Waals surface area contributed by atoms with E-state index >= 15 is 0 Å². The lowest BCUT2D eigenvalue weighted by Crippen LogP contribution is -2.42. The molecule has 5 aromatic rings. The first kappa shape index (κ1) is 34.8. The van der Waals surface area contributed by atoms with Crippen LogP contribution in [0.1, 0.15) is 47.5 Å². The SMILES string of the molecule is O=C(NC1CC(=O)N(c2ccc([C@H]3O[C@@H](CSc4nnnn4-c4ccc(O)cc4)C[C@@H](c4ccc(CO)cc4)O3)cc2)C1=O)OCc1ccccc1. The van der Waals surface area contributed by atoms with Gasteiger partial charge in [0.15, 0.2) is 6.29 Å². The van der Waals surface area contributed by atoms with Gasteiger partial charge in [-0.1, -0.05) is 78.5 Å². The Kier molecular flexibility index (Phi) is 10.5. The van der Waals surface area contributed by atoms with Gasteiger partial charge in [-0.2, -0.15) is 4.68 Å². The smallest absolute Gasteiger partial charge is 0.408 e. The number of hydrogen-bond donors (Lipinski definition) is 3. The largest absolute Gasteiger partial charge is 0.508 e. The van der Waals surface area contributed by atoms with Crippen molar-refractivity contribution in [3.8, 4) is 11.4 Å². The topological polar surface area (TPSA) is 178 Å². The number of amides is 3. The maximum absolute atomic E-state index is 13.2. The number of ether oxygens (including phenoxy) is 3. The van der Waals surface area contributed by atoms with E-state index in [4.69, 9.17) is 14.2 Å². The third kappa shape index (κ3) is 7.97. The van der Waals surface area contributed by atoms with Crippen molar-refractivity contribution in [1.29, 1.82) is 0 Å². The molecule has 2 aliphatic rings. The van der Waals surface area contributed by atoms with Crippen LogP contribution in [-0.4, -0.2) is 66.2 Å². The maximum Gasteiger partial charge on any atom is 0.408 e. The number of thioether (sulfide) groups is 1. The number of carbonyl (C=O) groups excluding carboxylic acids is 3. The third-order valence-corrected chi connectivity index (χ3v) is 9.67. The summed E-state index contributed by atoms with van der Waals surface area (Å²) in [5.74, 6) is -0.386. The first-order valence-electron chi connectivity index (χ1n) is 16.5. The molecule has 2 fully saturated rings. The summed E-state index contributed by atoms with van der Waals surface area (Å²) in [6.07, 6.45) is -1.89. The molecule has 2 aliphatic heterocycles. The van der Waals surface area contributed by atoms with E-state index in [9.17, 15) is 24.6 Å². The number of phenolic OH excluding ortho intramolecular Hbond substituents is 1. The van der Waals surface area contributed by atoms with Gasteiger partial charge in [0.1, 0.15) is 18.4 Å². The van der Waals surface area contributed by atoms with Gasteiger partial charge in [-0.05, 0) is 63.5 Å². The second-order valence-corrected chi connectivity index (χ2v) is 13.2. The number of alkyl carbamates (subject to hydrolysis) is 1. The summed E-state index contributed by atoms with van der Waals surface area (Å²) in [6.45, 7) is -0.0406. The molecule has 1 unspecified atom stereocenters. The van der Waals surface area contributed by atoms with Crippen molar-refractivity contribution in [3.05, 3.63) is 125 Å². The summed E-state index contributed by atoms with van der Waals surface area (Å²) in [6, 6.07) is 28.9. The summed E-state index contributed by atoms with van der Waals surface area (Å²) in [5, 5.41) is 34.4. The molecule has 4 aromatic carbocycles. The first-order valence-corrected chi connectivity index (χ1v) is 17.5. The van der Waals surface area contributed by atoms with Crippen molar-refractivity contribution in [3.63, 3.8) is 0 Å². The second-order valence-electron chi connectivity index (χ2n) is 12.2. The highest BCUT2D eigenvalue weighted by Crippen LogP contribution is 2.40. The second kappa shape index (κ2) is 15.7. The molecule has 0 radical (unpaired) electrons.